The van der Waals surface area contributed by atoms with Crippen molar-refractivity contribution >= 4 is 29.0 Å². The molecule has 6 nitrogen and oxygen atoms in total. The first-order valence-electron chi connectivity index (χ1n) is 21.0. The number of fused-ring (bicyclic) bond motifs is 2. The van der Waals surface area contributed by atoms with Crippen molar-refractivity contribution in [3.05, 3.63) is 216 Å². The van der Waals surface area contributed by atoms with Gasteiger partial charge >= 0.3 is 11.9 Å². The second kappa shape index (κ2) is 17.7. The van der Waals surface area contributed by atoms with E-state index >= 15 is 0 Å². The van der Waals surface area contributed by atoms with Crippen molar-refractivity contribution < 1.29 is 24.4 Å². The standard InChI is InChI=1S/C55H50N2O4/c1-54(38-40-26-30-44(31-27-40)42-16-6-3-7-17-42)46-20-12-14-22-48(46)56(36-34-52(58)59)50(54)24-10-5-11-25-51-55(2,47-21-13-15-23-49(47)57(51)37-35-53(60)61)39-41-28-32-45(33-29-41)43-18-8-4-9-19-43/h3-33H,34-39H2,1-2H3,(H-,58,59,60,61)/p+1. The monoisotopic (exact) mass is 803 g/mol. The SMILES string of the molecule is CC1(Cc2ccc(-c3ccccc3)cc2)C(/C=C/C=C/C=C2/N(CCC(=O)O)c3ccccc3C2(C)Cc2ccc(-c3ccccc3)cc2)=[N+](CCC(=O)O)c2ccccc21. The Labute approximate surface area is 358 Å². The van der Waals surface area contributed by atoms with Crippen LogP contribution in [-0.2, 0) is 33.3 Å². The lowest BCUT2D eigenvalue weighted by molar-refractivity contribution is -0.436. The van der Waals surface area contributed by atoms with Crippen molar-refractivity contribution in [2.45, 2.75) is 50.4 Å². The molecular formula is C55H51N2O4+. The van der Waals surface area contributed by atoms with E-state index in [1.54, 1.807) is 0 Å². The van der Waals surface area contributed by atoms with E-state index in [9.17, 15) is 19.8 Å². The van der Waals surface area contributed by atoms with Crippen LogP contribution in [0, 0.1) is 0 Å². The molecule has 0 saturated heterocycles. The van der Waals surface area contributed by atoms with Gasteiger partial charge in [0.15, 0.2) is 12.3 Å². The number of carboxylic acid groups (broad SMARTS) is 2. The molecule has 0 bridgehead atoms. The van der Waals surface area contributed by atoms with E-state index in [0.717, 1.165) is 46.8 Å². The van der Waals surface area contributed by atoms with Gasteiger partial charge in [-0.2, -0.15) is 4.58 Å². The predicted octanol–water partition coefficient (Wildman–Crippen LogP) is 11.6. The van der Waals surface area contributed by atoms with Gasteiger partial charge in [0.2, 0.25) is 5.69 Å². The highest BCUT2D eigenvalue weighted by Crippen LogP contribution is 2.50. The third-order valence-corrected chi connectivity index (χ3v) is 12.4. The number of rotatable bonds is 15. The van der Waals surface area contributed by atoms with Gasteiger partial charge in [-0.05, 0) is 77.8 Å². The molecule has 0 fully saturated rings. The minimum atomic E-state index is -0.836. The summed E-state index contributed by atoms with van der Waals surface area (Å²) in [7, 11) is 0. The molecular weight excluding hydrogens is 753 g/mol. The molecule has 6 aromatic rings. The molecule has 6 aromatic carbocycles. The quantitative estimate of drug-likeness (QED) is 0.0798. The van der Waals surface area contributed by atoms with Crippen LogP contribution in [0.15, 0.2) is 194 Å². The summed E-state index contributed by atoms with van der Waals surface area (Å²) in [5.41, 5.74) is 12.7. The Balaban J connectivity index is 1.13. The van der Waals surface area contributed by atoms with E-state index < -0.39 is 22.8 Å². The zero-order chi connectivity index (χ0) is 42.4. The number of aliphatic carboxylic acids is 2. The summed E-state index contributed by atoms with van der Waals surface area (Å²) >= 11 is 0. The zero-order valence-corrected chi connectivity index (χ0v) is 34.7. The van der Waals surface area contributed by atoms with E-state index in [4.69, 9.17) is 0 Å². The topological polar surface area (TPSA) is 80.9 Å². The first kappa shape index (κ1) is 40.7. The highest BCUT2D eigenvalue weighted by atomic mass is 16.4. The highest BCUT2D eigenvalue weighted by Gasteiger charge is 2.48. The number of benzene rings is 6. The molecule has 61 heavy (non-hydrogen) atoms. The molecule has 0 spiro atoms. The van der Waals surface area contributed by atoms with Gasteiger partial charge in [0.05, 0.1) is 11.8 Å². The maximum absolute atomic E-state index is 11.9. The maximum atomic E-state index is 11.9. The Hall–Kier alpha value is -7.05. The van der Waals surface area contributed by atoms with Gasteiger partial charge in [0.25, 0.3) is 0 Å². The van der Waals surface area contributed by atoms with Crippen molar-refractivity contribution in [3.63, 3.8) is 0 Å². The molecule has 2 aliphatic rings. The lowest BCUT2D eigenvalue weighted by Gasteiger charge is -2.30. The number of nitrogens with zero attached hydrogens (tertiary/aromatic N) is 2. The first-order chi connectivity index (χ1) is 29.6. The van der Waals surface area contributed by atoms with Crippen LogP contribution in [0.4, 0.5) is 11.4 Å². The maximum Gasteiger partial charge on any atom is 0.309 e. The van der Waals surface area contributed by atoms with E-state index in [0.29, 0.717) is 13.1 Å². The smallest absolute Gasteiger partial charge is 0.309 e. The minimum absolute atomic E-state index is 0.00969. The van der Waals surface area contributed by atoms with Crippen molar-refractivity contribution in [2.24, 2.45) is 0 Å². The zero-order valence-electron chi connectivity index (χ0n) is 34.7. The molecule has 304 valence electrons. The summed E-state index contributed by atoms with van der Waals surface area (Å²) in [6.07, 6.45) is 11.9. The highest BCUT2D eigenvalue weighted by molar-refractivity contribution is 6.03. The van der Waals surface area contributed by atoms with Crippen LogP contribution in [0.2, 0.25) is 0 Å². The van der Waals surface area contributed by atoms with Crippen LogP contribution in [-0.4, -0.2) is 45.5 Å². The van der Waals surface area contributed by atoms with Crippen LogP contribution in [0.1, 0.15) is 48.9 Å². The third kappa shape index (κ3) is 8.53. The van der Waals surface area contributed by atoms with Crippen LogP contribution < -0.4 is 4.90 Å². The van der Waals surface area contributed by atoms with Crippen molar-refractivity contribution in [2.75, 3.05) is 18.0 Å². The number of hydrogen-bond acceptors (Lipinski definition) is 3. The number of para-hydroxylation sites is 2. The Morgan fingerprint density at radius 1 is 0.557 bits per heavy atom. The molecule has 0 aliphatic carbocycles. The van der Waals surface area contributed by atoms with Gasteiger partial charge in [0.1, 0.15) is 6.42 Å². The Bertz CT molecular complexity index is 2660. The number of anilines is 1. The lowest BCUT2D eigenvalue weighted by Crippen LogP contribution is -2.34. The van der Waals surface area contributed by atoms with Crippen LogP contribution in [0.3, 0.4) is 0 Å². The molecule has 2 aliphatic heterocycles. The van der Waals surface area contributed by atoms with Gasteiger partial charge in [-0.25, -0.2) is 0 Å². The average Bonchev–Trinajstić information content (AvgIpc) is 3.65. The van der Waals surface area contributed by atoms with Gasteiger partial charge in [-0.1, -0.05) is 164 Å². The fraction of sp³-hybridized carbons (Fsp3) is 0.182. The van der Waals surface area contributed by atoms with Gasteiger partial charge in [-0.3, -0.25) is 9.59 Å². The molecule has 2 N–H and O–H groups in total. The molecule has 2 atom stereocenters. The molecule has 2 unspecified atom stereocenters. The van der Waals surface area contributed by atoms with Gasteiger partial charge in [0, 0.05) is 41.1 Å². The summed E-state index contributed by atoms with van der Waals surface area (Å²) < 4.78 is 2.17. The van der Waals surface area contributed by atoms with E-state index in [1.807, 2.05) is 42.5 Å². The Morgan fingerprint density at radius 2 is 1.07 bits per heavy atom. The van der Waals surface area contributed by atoms with Crippen molar-refractivity contribution in [1.29, 1.82) is 0 Å². The fourth-order valence-electron chi connectivity index (χ4n) is 9.36. The molecule has 0 saturated carbocycles. The molecule has 0 radical (unpaired) electrons. The molecule has 6 heteroatoms. The number of carboxylic acids is 2. The van der Waals surface area contributed by atoms with Crippen LogP contribution in [0.5, 0.6) is 0 Å². The number of allylic oxidation sites excluding steroid dienone is 6. The molecule has 0 aromatic heterocycles. The molecule has 2 heterocycles. The largest absolute Gasteiger partial charge is 0.481 e. The van der Waals surface area contributed by atoms with Crippen LogP contribution >= 0.6 is 0 Å². The first-order valence-corrected chi connectivity index (χ1v) is 21.0. The van der Waals surface area contributed by atoms with Crippen molar-refractivity contribution in [3.8, 4) is 22.3 Å². The Morgan fingerprint density at radius 3 is 1.66 bits per heavy atom. The normalized spacial score (nSPS) is 18.9. The minimum Gasteiger partial charge on any atom is -0.481 e. The molecule has 0 amide bonds. The van der Waals surface area contributed by atoms with Crippen molar-refractivity contribution in [1.82, 2.24) is 0 Å². The van der Waals surface area contributed by atoms with Gasteiger partial charge < -0.3 is 15.1 Å². The fourth-order valence-corrected chi connectivity index (χ4v) is 9.36. The van der Waals surface area contributed by atoms with Gasteiger partial charge in [-0.15, -0.1) is 0 Å². The summed E-state index contributed by atoms with van der Waals surface area (Å²) in [4.78, 5) is 26.0. The second-order valence-electron chi connectivity index (χ2n) is 16.4. The lowest BCUT2D eigenvalue weighted by atomic mass is 9.74. The summed E-state index contributed by atoms with van der Waals surface area (Å²) in [5, 5.41) is 19.6. The third-order valence-electron chi connectivity index (χ3n) is 12.4. The van der Waals surface area contributed by atoms with Crippen LogP contribution in [0.25, 0.3) is 22.3 Å². The van der Waals surface area contributed by atoms with E-state index in [-0.39, 0.29) is 12.8 Å². The second-order valence-corrected chi connectivity index (χ2v) is 16.4. The average molecular weight is 804 g/mol. The Kier molecular flexibility index (Phi) is 11.8. The summed E-state index contributed by atoms with van der Waals surface area (Å²) in [6.45, 7) is 5.22. The number of carbonyl (C=O) groups is 2. The van der Waals surface area contributed by atoms with E-state index in [2.05, 4.69) is 169 Å². The predicted molar refractivity (Wildman–Crippen MR) is 247 cm³/mol. The van der Waals surface area contributed by atoms with E-state index in [1.165, 1.54) is 33.4 Å². The molecule has 8 rings (SSSR count). The summed E-state index contributed by atoms with van der Waals surface area (Å²) in [6, 6.07) is 54.9. The number of hydrogen-bond donors (Lipinski definition) is 2. The summed E-state index contributed by atoms with van der Waals surface area (Å²) in [5.74, 6) is -1.67.